The van der Waals surface area contributed by atoms with E-state index in [1.165, 1.54) is 11.1 Å². The highest BCUT2D eigenvalue weighted by Gasteiger charge is 2.13. The molecule has 1 aliphatic rings. The average molecular weight is 347 g/mol. The van der Waals surface area contributed by atoms with Crippen LogP contribution in [0.1, 0.15) is 11.3 Å². The third kappa shape index (κ3) is 2.93. The Balaban J connectivity index is 1.62. The third-order valence-corrected chi connectivity index (χ3v) is 4.84. The van der Waals surface area contributed by atoms with Gasteiger partial charge in [-0.3, -0.25) is 15.0 Å². The molecule has 0 N–H and O–H groups in total. The summed E-state index contributed by atoms with van der Waals surface area (Å²) in [4.78, 5) is 13.6. The number of hydrogen-bond acceptors (Lipinski definition) is 3. The number of nitrogens with zero attached hydrogens (tertiary/aromatic N) is 3. The SMILES string of the molecule is C1=NCc2ncc(-c3cccnc3-c3cccc(-c4ccccc4)c3)cc21. The standard InChI is InChI=1S/C24H17N3/c1-2-6-17(7-3-1)18-8-4-9-19(12-18)24-22(10-5-11-26-24)20-13-21-14-25-16-23(21)27-15-20/h1-15H,16H2. The van der Waals surface area contributed by atoms with Crippen LogP contribution in [-0.2, 0) is 6.54 Å². The molecule has 0 bridgehead atoms. The molecule has 0 amide bonds. The van der Waals surface area contributed by atoms with Crippen LogP contribution in [0.4, 0.5) is 0 Å². The highest BCUT2D eigenvalue weighted by atomic mass is 14.8. The lowest BCUT2D eigenvalue weighted by atomic mass is 9.96. The molecule has 2 aromatic carbocycles. The first-order valence-corrected chi connectivity index (χ1v) is 8.98. The van der Waals surface area contributed by atoms with Crippen LogP contribution in [0.2, 0.25) is 0 Å². The van der Waals surface area contributed by atoms with E-state index in [-0.39, 0.29) is 0 Å². The van der Waals surface area contributed by atoms with E-state index in [0.29, 0.717) is 6.54 Å². The zero-order valence-corrected chi connectivity index (χ0v) is 14.7. The van der Waals surface area contributed by atoms with Crippen LogP contribution in [-0.4, -0.2) is 16.2 Å². The summed E-state index contributed by atoms with van der Waals surface area (Å²) < 4.78 is 0. The van der Waals surface area contributed by atoms with E-state index in [0.717, 1.165) is 33.6 Å². The van der Waals surface area contributed by atoms with Crippen molar-refractivity contribution in [3.63, 3.8) is 0 Å². The molecule has 1 aliphatic heterocycles. The summed E-state index contributed by atoms with van der Waals surface area (Å²) in [6, 6.07) is 25.2. The number of hydrogen-bond donors (Lipinski definition) is 0. The summed E-state index contributed by atoms with van der Waals surface area (Å²) in [5.74, 6) is 0. The van der Waals surface area contributed by atoms with E-state index in [9.17, 15) is 0 Å². The molecule has 128 valence electrons. The van der Waals surface area contributed by atoms with E-state index in [4.69, 9.17) is 4.98 Å². The quantitative estimate of drug-likeness (QED) is 0.497. The van der Waals surface area contributed by atoms with Gasteiger partial charge in [0, 0.05) is 40.9 Å². The molecule has 3 heteroatoms. The number of aromatic nitrogens is 2. The Morgan fingerprint density at radius 2 is 1.52 bits per heavy atom. The van der Waals surface area contributed by atoms with Crippen LogP contribution in [0.15, 0.2) is 90.2 Å². The zero-order valence-electron chi connectivity index (χ0n) is 14.7. The van der Waals surface area contributed by atoms with Crippen LogP contribution < -0.4 is 0 Å². The van der Waals surface area contributed by atoms with Crippen LogP contribution in [0.5, 0.6) is 0 Å². The van der Waals surface area contributed by atoms with Gasteiger partial charge < -0.3 is 0 Å². The zero-order chi connectivity index (χ0) is 18.1. The molecule has 3 nitrogen and oxygen atoms in total. The predicted octanol–water partition coefficient (Wildman–Crippen LogP) is 5.41. The van der Waals surface area contributed by atoms with Crippen molar-refractivity contribution in [2.75, 3.05) is 0 Å². The Bertz CT molecular complexity index is 1150. The summed E-state index contributed by atoms with van der Waals surface area (Å²) in [7, 11) is 0. The molecular weight excluding hydrogens is 330 g/mol. The maximum Gasteiger partial charge on any atom is 0.0818 e. The second-order valence-corrected chi connectivity index (χ2v) is 6.58. The van der Waals surface area contributed by atoms with Gasteiger partial charge in [0.1, 0.15) is 0 Å². The molecule has 0 fully saturated rings. The Morgan fingerprint density at radius 1 is 0.667 bits per heavy atom. The van der Waals surface area contributed by atoms with Gasteiger partial charge in [-0.1, -0.05) is 54.6 Å². The molecule has 2 aromatic heterocycles. The number of aliphatic imine (C=N–C) groups is 1. The van der Waals surface area contributed by atoms with E-state index >= 15 is 0 Å². The van der Waals surface area contributed by atoms with E-state index in [2.05, 4.69) is 70.6 Å². The van der Waals surface area contributed by atoms with Crippen molar-refractivity contribution >= 4 is 6.21 Å². The molecule has 0 radical (unpaired) electrons. The minimum Gasteiger partial charge on any atom is -0.286 e. The lowest BCUT2D eigenvalue weighted by Crippen LogP contribution is -1.94. The van der Waals surface area contributed by atoms with Crippen molar-refractivity contribution in [2.45, 2.75) is 6.54 Å². The van der Waals surface area contributed by atoms with E-state index in [1.54, 1.807) is 0 Å². The number of benzene rings is 2. The highest BCUT2D eigenvalue weighted by Crippen LogP contribution is 2.33. The Labute approximate surface area is 158 Å². The van der Waals surface area contributed by atoms with E-state index in [1.807, 2.05) is 30.7 Å². The fourth-order valence-corrected chi connectivity index (χ4v) is 3.48. The Kier molecular flexibility index (Phi) is 3.83. The van der Waals surface area contributed by atoms with Gasteiger partial charge in [0.05, 0.1) is 17.9 Å². The molecule has 27 heavy (non-hydrogen) atoms. The smallest absolute Gasteiger partial charge is 0.0818 e. The van der Waals surface area contributed by atoms with Crippen LogP contribution in [0, 0.1) is 0 Å². The maximum absolute atomic E-state index is 4.69. The van der Waals surface area contributed by atoms with Gasteiger partial charge in [-0.05, 0) is 29.3 Å². The van der Waals surface area contributed by atoms with Gasteiger partial charge in [0.25, 0.3) is 0 Å². The van der Waals surface area contributed by atoms with Crippen molar-refractivity contribution in [3.05, 3.63) is 96.4 Å². The molecule has 0 aliphatic carbocycles. The Morgan fingerprint density at radius 3 is 2.44 bits per heavy atom. The summed E-state index contributed by atoms with van der Waals surface area (Å²) >= 11 is 0. The predicted molar refractivity (Wildman–Crippen MR) is 110 cm³/mol. The van der Waals surface area contributed by atoms with Gasteiger partial charge in [-0.2, -0.15) is 0 Å². The normalized spacial score (nSPS) is 12.1. The fourth-order valence-electron chi connectivity index (χ4n) is 3.48. The van der Waals surface area contributed by atoms with Crippen molar-refractivity contribution in [1.82, 2.24) is 9.97 Å². The first kappa shape index (κ1) is 15.6. The summed E-state index contributed by atoms with van der Waals surface area (Å²) in [5, 5.41) is 0. The largest absolute Gasteiger partial charge is 0.286 e. The minimum absolute atomic E-state index is 0.675. The number of pyridine rings is 2. The molecule has 0 unspecified atom stereocenters. The molecule has 3 heterocycles. The average Bonchev–Trinajstić information content (AvgIpc) is 3.22. The van der Waals surface area contributed by atoms with Crippen molar-refractivity contribution < 1.29 is 0 Å². The molecule has 5 rings (SSSR count). The molecule has 0 saturated carbocycles. The first-order valence-electron chi connectivity index (χ1n) is 8.98. The minimum atomic E-state index is 0.675. The van der Waals surface area contributed by atoms with Crippen molar-refractivity contribution in [1.29, 1.82) is 0 Å². The molecule has 0 spiro atoms. The second-order valence-electron chi connectivity index (χ2n) is 6.58. The highest BCUT2D eigenvalue weighted by molar-refractivity contribution is 5.88. The second kappa shape index (κ2) is 6.61. The number of fused-ring (bicyclic) bond motifs is 1. The van der Waals surface area contributed by atoms with Crippen molar-refractivity contribution in [3.8, 4) is 33.5 Å². The van der Waals surface area contributed by atoms with Crippen LogP contribution >= 0.6 is 0 Å². The van der Waals surface area contributed by atoms with Gasteiger partial charge in [0.2, 0.25) is 0 Å². The lowest BCUT2D eigenvalue weighted by molar-refractivity contribution is 1.02. The van der Waals surface area contributed by atoms with Gasteiger partial charge in [-0.15, -0.1) is 0 Å². The van der Waals surface area contributed by atoms with E-state index < -0.39 is 0 Å². The first-order chi connectivity index (χ1) is 13.4. The molecular formula is C24H17N3. The monoisotopic (exact) mass is 347 g/mol. The van der Waals surface area contributed by atoms with Gasteiger partial charge >= 0.3 is 0 Å². The summed E-state index contributed by atoms with van der Waals surface area (Å²) in [5.41, 5.74) is 8.73. The summed E-state index contributed by atoms with van der Waals surface area (Å²) in [6.07, 6.45) is 5.67. The molecule has 0 atom stereocenters. The van der Waals surface area contributed by atoms with Gasteiger partial charge in [-0.25, -0.2) is 0 Å². The molecule has 4 aromatic rings. The van der Waals surface area contributed by atoms with Crippen LogP contribution in [0.3, 0.4) is 0 Å². The Hall–Kier alpha value is -3.59. The topological polar surface area (TPSA) is 38.1 Å². The fraction of sp³-hybridized carbons (Fsp3) is 0.0417. The third-order valence-electron chi connectivity index (χ3n) is 4.84. The molecule has 0 saturated heterocycles. The van der Waals surface area contributed by atoms with Gasteiger partial charge in [0.15, 0.2) is 0 Å². The van der Waals surface area contributed by atoms with Crippen molar-refractivity contribution in [2.24, 2.45) is 4.99 Å². The van der Waals surface area contributed by atoms with Crippen LogP contribution in [0.25, 0.3) is 33.5 Å². The lowest BCUT2D eigenvalue weighted by Gasteiger charge is -2.11. The summed E-state index contributed by atoms with van der Waals surface area (Å²) in [6.45, 7) is 0.675. The maximum atomic E-state index is 4.69. The number of rotatable bonds is 3.